The highest BCUT2D eigenvalue weighted by molar-refractivity contribution is 9.11. The first kappa shape index (κ1) is 18.8. The molecule has 1 amide bonds. The van der Waals surface area contributed by atoms with Crippen LogP contribution >= 0.6 is 43.5 Å². The van der Waals surface area contributed by atoms with Gasteiger partial charge in [-0.2, -0.15) is 5.10 Å². The molecule has 3 aromatic rings. The van der Waals surface area contributed by atoms with E-state index in [1.165, 1.54) is 10.7 Å². The Balaban J connectivity index is 2.00. The third kappa shape index (κ3) is 4.06. The van der Waals surface area contributed by atoms with E-state index in [1.54, 1.807) is 43.3 Å². The van der Waals surface area contributed by atoms with Crippen molar-refractivity contribution in [1.29, 1.82) is 0 Å². The van der Waals surface area contributed by atoms with Crippen LogP contribution < -0.4 is 10.7 Å². The van der Waals surface area contributed by atoms with Crippen molar-refractivity contribution < 1.29 is 4.79 Å². The number of hydrogen-bond acceptors (Lipinski definition) is 3. The molecule has 0 unspecified atom stereocenters. The van der Waals surface area contributed by atoms with Gasteiger partial charge in [0.05, 0.1) is 11.4 Å². The maximum Gasteiger partial charge on any atom is 0.280 e. The Labute approximate surface area is 171 Å². The monoisotopic (exact) mass is 495 g/mol. The summed E-state index contributed by atoms with van der Waals surface area (Å²) in [6, 6.07) is 13.7. The van der Waals surface area contributed by atoms with Crippen molar-refractivity contribution >= 4 is 55.1 Å². The molecule has 0 spiro atoms. The molecule has 0 bridgehead atoms. The molecule has 132 valence electrons. The topological polar surface area (TPSA) is 64.0 Å². The highest BCUT2D eigenvalue weighted by Crippen LogP contribution is 2.26. The molecule has 1 heterocycles. The van der Waals surface area contributed by atoms with Gasteiger partial charge in [0.1, 0.15) is 0 Å². The van der Waals surface area contributed by atoms with E-state index in [0.717, 1.165) is 4.47 Å². The van der Waals surface area contributed by atoms with Crippen molar-refractivity contribution in [1.82, 2.24) is 9.78 Å². The smallest absolute Gasteiger partial charge is 0.280 e. The van der Waals surface area contributed by atoms with Gasteiger partial charge in [0.15, 0.2) is 5.69 Å². The standard InChI is InChI=1S/C18H12Br2ClN3O2/c1-10-8-16(25)17(23-24(10)13-5-3-12(21)4-6-13)18(26)22-15-9-11(19)2-7-14(15)20/h2-9H,1H3,(H,22,26). The van der Waals surface area contributed by atoms with Crippen LogP contribution in [0.25, 0.3) is 5.69 Å². The summed E-state index contributed by atoms with van der Waals surface area (Å²) in [5.74, 6) is -0.587. The Morgan fingerprint density at radius 1 is 1.12 bits per heavy atom. The fraction of sp³-hybridized carbons (Fsp3) is 0.0556. The summed E-state index contributed by atoms with van der Waals surface area (Å²) >= 11 is 12.6. The SMILES string of the molecule is Cc1cc(=O)c(C(=O)Nc2cc(Br)ccc2Br)nn1-c1ccc(Cl)cc1. The molecule has 0 saturated carbocycles. The minimum atomic E-state index is -0.587. The second-order valence-electron chi connectivity index (χ2n) is 5.47. The summed E-state index contributed by atoms with van der Waals surface area (Å²) in [6.07, 6.45) is 0. The lowest BCUT2D eigenvalue weighted by atomic mass is 10.2. The molecule has 0 saturated heterocycles. The van der Waals surface area contributed by atoms with Gasteiger partial charge in [-0.1, -0.05) is 27.5 Å². The van der Waals surface area contributed by atoms with Gasteiger partial charge in [-0.05, 0) is 65.3 Å². The second-order valence-corrected chi connectivity index (χ2v) is 7.67. The maximum atomic E-state index is 12.6. The molecule has 5 nitrogen and oxygen atoms in total. The number of aromatic nitrogens is 2. The van der Waals surface area contributed by atoms with E-state index in [0.29, 0.717) is 26.6 Å². The van der Waals surface area contributed by atoms with Crippen molar-refractivity contribution in [2.45, 2.75) is 6.92 Å². The number of nitrogens with one attached hydrogen (secondary N) is 1. The Hall–Kier alpha value is -1.96. The van der Waals surface area contributed by atoms with Crippen molar-refractivity contribution in [3.63, 3.8) is 0 Å². The van der Waals surface area contributed by atoms with Crippen LogP contribution in [0.5, 0.6) is 0 Å². The van der Waals surface area contributed by atoms with Gasteiger partial charge in [-0.3, -0.25) is 9.59 Å². The first-order valence-electron chi connectivity index (χ1n) is 7.48. The zero-order valence-electron chi connectivity index (χ0n) is 13.5. The number of nitrogens with zero attached hydrogens (tertiary/aromatic N) is 2. The fourth-order valence-electron chi connectivity index (χ4n) is 2.32. The third-order valence-corrected chi connectivity index (χ3v) is 5.01. The van der Waals surface area contributed by atoms with Crippen LogP contribution in [0, 0.1) is 6.92 Å². The third-order valence-electron chi connectivity index (χ3n) is 3.57. The summed E-state index contributed by atoms with van der Waals surface area (Å²) < 4.78 is 3.02. The average molecular weight is 498 g/mol. The quantitative estimate of drug-likeness (QED) is 0.556. The number of carbonyl (C=O) groups is 1. The Morgan fingerprint density at radius 3 is 2.50 bits per heavy atom. The number of amides is 1. The van der Waals surface area contributed by atoms with Crippen molar-refractivity contribution in [2.75, 3.05) is 5.32 Å². The molecule has 0 radical (unpaired) electrons. The highest BCUT2D eigenvalue weighted by atomic mass is 79.9. The number of hydrogen-bond donors (Lipinski definition) is 1. The summed E-state index contributed by atoms with van der Waals surface area (Å²) in [7, 11) is 0. The van der Waals surface area contributed by atoms with Gasteiger partial charge >= 0.3 is 0 Å². The molecular formula is C18H12Br2ClN3O2. The lowest BCUT2D eigenvalue weighted by molar-refractivity contribution is 0.101. The molecule has 2 aromatic carbocycles. The van der Waals surface area contributed by atoms with E-state index in [4.69, 9.17) is 11.6 Å². The van der Waals surface area contributed by atoms with Crippen molar-refractivity contribution in [2.24, 2.45) is 0 Å². The minimum Gasteiger partial charge on any atom is -0.319 e. The van der Waals surface area contributed by atoms with Gasteiger partial charge in [0, 0.05) is 25.7 Å². The van der Waals surface area contributed by atoms with Crippen LogP contribution in [-0.2, 0) is 0 Å². The predicted molar refractivity (Wildman–Crippen MR) is 109 cm³/mol. The molecule has 0 aliphatic rings. The Morgan fingerprint density at radius 2 is 1.81 bits per heavy atom. The van der Waals surface area contributed by atoms with Crippen LogP contribution in [-0.4, -0.2) is 15.7 Å². The first-order valence-corrected chi connectivity index (χ1v) is 9.45. The summed E-state index contributed by atoms with van der Waals surface area (Å²) in [5, 5.41) is 7.53. The van der Waals surface area contributed by atoms with Crippen LogP contribution in [0.3, 0.4) is 0 Å². The number of carbonyl (C=O) groups excluding carboxylic acids is 1. The Kier molecular flexibility index (Phi) is 5.60. The summed E-state index contributed by atoms with van der Waals surface area (Å²) in [4.78, 5) is 24.9. The van der Waals surface area contributed by atoms with Crippen molar-refractivity contribution in [3.05, 3.63) is 84.1 Å². The molecule has 3 rings (SSSR count). The molecule has 0 aliphatic heterocycles. The largest absolute Gasteiger partial charge is 0.319 e. The molecule has 8 heteroatoms. The second kappa shape index (κ2) is 7.73. The summed E-state index contributed by atoms with van der Waals surface area (Å²) in [5.41, 5.74) is 1.19. The van der Waals surface area contributed by atoms with Gasteiger partial charge in [0.2, 0.25) is 5.43 Å². The normalized spacial score (nSPS) is 10.6. The minimum absolute atomic E-state index is 0.197. The highest BCUT2D eigenvalue weighted by Gasteiger charge is 2.16. The molecule has 1 N–H and O–H groups in total. The average Bonchev–Trinajstić information content (AvgIpc) is 2.59. The lowest BCUT2D eigenvalue weighted by Gasteiger charge is -2.12. The van der Waals surface area contributed by atoms with Gasteiger partial charge in [-0.15, -0.1) is 0 Å². The number of anilines is 1. The number of halogens is 3. The fourth-order valence-corrected chi connectivity index (χ4v) is 3.16. The van der Waals surface area contributed by atoms with Gasteiger partial charge in [0.25, 0.3) is 5.91 Å². The van der Waals surface area contributed by atoms with E-state index >= 15 is 0 Å². The predicted octanol–water partition coefficient (Wildman–Crippen LogP) is 4.97. The van der Waals surface area contributed by atoms with Crippen LogP contribution in [0.2, 0.25) is 5.02 Å². The molecule has 0 atom stereocenters. The van der Waals surface area contributed by atoms with E-state index in [2.05, 4.69) is 42.3 Å². The zero-order valence-corrected chi connectivity index (χ0v) is 17.4. The number of benzene rings is 2. The maximum absolute atomic E-state index is 12.6. The van der Waals surface area contributed by atoms with Gasteiger partial charge < -0.3 is 5.32 Å². The Bertz CT molecular complexity index is 1050. The first-order chi connectivity index (χ1) is 12.3. The number of aryl methyl sites for hydroxylation is 1. The van der Waals surface area contributed by atoms with E-state index < -0.39 is 11.3 Å². The van der Waals surface area contributed by atoms with E-state index in [9.17, 15) is 9.59 Å². The van der Waals surface area contributed by atoms with E-state index in [-0.39, 0.29) is 5.69 Å². The molecule has 1 aromatic heterocycles. The lowest BCUT2D eigenvalue weighted by Crippen LogP contribution is -2.27. The van der Waals surface area contributed by atoms with E-state index in [1.807, 2.05) is 6.07 Å². The molecular weight excluding hydrogens is 485 g/mol. The summed E-state index contributed by atoms with van der Waals surface area (Å²) in [6.45, 7) is 1.75. The van der Waals surface area contributed by atoms with Gasteiger partial charge in [-0.25, -0.2) is 4.68 Å². The molecule has 26 heavy (non-hydrogen) atoms. The molecule has 0 aliphatic carbocycles. The van der Waals surface area contributed by atoms with Crippen LogP contribution in [0.1, 0.15) is 16.2 Å². The number of rotatable bonds is 3. The van der Waals surface area contributed by atoms with Crippen molar-refractivity contribution in [3.8, 4) is 5.69 Å². The molecule has 0 fully saturated rings. The van der Waals surface area contributed by atoms with Crippen LogP contribution in [0.15, 0.2) is 62.3 Å². The van der Waals surface area contributed by atoms with Crippen LogP contribution in [0.4, 0.5) is 5.69 Å². The zero-order chi connectivity index (χ0) is 18.8.